The number of hydrogen-bond donors (Lipinski definition) is 1. The predicted molar refractivity (Wildman–Crippen MR) is 88.5 cm³/mol. The number of hydrogen-bond acceptors (Lipinski definition) is 2. The van der Waals surface area contributed by atoms with Crippen LogP contribution >= 0.6 is 0 Å². The molecule has 0 saturated heterocycles. The van der Waals surface area contributed by atoms with Crippen molar-refractivity contribution in [1.82, 2.24) is 5.32 Å². The molecule has 2 rings (SSSR count). The summed E-state index contributed by atoms with van der Waals surface area (Å²) in [4.78, 5) is 0. The molecular formula is C19H25NO. The van der Waals surface area contributed by atoms with Crippen molar-refractivity contribution < 1.29 is 4.74 Å². The Morgan fingerprint density at radius 2 is 1.62 bits per heavy atom. The Bertz CT molecular complexity index is 540. The van der Waals surface area contributed by atoms with E-state index in [1.807, 2.05) is 6.07 Å². The third kappa shape index (κ3) is 5.00. The van der Waals surface area contributed by atoms with Gasteiger partial charge in [0.05, 0.1) is 13.2 Å². The summed E-state index contributed by atoms with van der Waals surface area (Å²) in [6.45, 7) is 9.66. The topological polar surface area (TPSA) is 21.3 Å². The third-order valence-corrected chi connectivity index (χ3v) is 3.68. The summed E-state index contributed by atoms with van der Waals surface area (Å²) >= 11 is 0. The lowest BCUT2D eigenvalue weighted by atomic mass is 10.0. The Morgan fingerprint density at radius 3 is 2.29 bits per heavy atom. The van der Waals surface area contributed by atoms with Gasteiger partial charge < -0.3 is 10.1 Å². The third-order valence-electron chi connectivity index (χ3n) is 3.68. The molecule has 0 bridgehead atoms. The highest BCUT2D eigenvalue weighted by molar-refractivity contribution is 5.36. The summed E-state index contributed by atoms with van der Waals surface area (Å²) in [5.74, 6) is 0. The number of rotatable bonds is 7. The molecule has 0 aliphatic rings. The van der Waals surface area contributed by atoms with Gasteiger partial charge in [0.2, 0.25) is 0 Å². The Morgan fingerprint density at radius 1 is 0.952 bits per heavy atom. The summed E-state index contributed by atoms with van der Waals surface area (Å²) in [6, 6.07) is 14.9. The second kappa shape index (κ2) is 7.96. The van der Waals surface area contributed by atoms with Crippen molar-refractivity contribution >= 4 is 0 Å². The van der Waals surface area contributed by atoms with E-state index in [2.05, 4.69) is 62.5 Å². The molecule has 2 aromatic carbocycles. The van der Waals surface area contributed by atoms with E-state index < -0.39 is 0 Å². The van der Waals surface area contributed by atoms with Gasteiger partial charge in [-0.2, -0.15) is 0 Å². The monoisotopic (exact) mass is 283 g/mol. The maximum atomic E-state index is 5.80. The van der Waals surface area contributed by atoms with Crippen LogP contribution in [0.4, 0.5) is 0 Å². The minimum absolute atomic E-state index is 0.699. The van der Waals surface area contributed by atoms with Crippen molar-refractivity contribution in [2.45, 2.75) is 33.9 Å². The number of aryl methyl sites for hydroxylation is 3. The van der Waals surface area contributed by atoms with E-state index in [1.165, 1.54) is 27.8 Å². The first-order valence-corrected chi connectivity index (χ1v) is 7.56. The van der Waals surface area contributed by atoms with Gasteiger partial charge in [-0.1, -0.05) is 48.0 Å². The van der Waals surface area contributed by atoms with E-state index in [-0.39, 0.29) is 0 Å². The molecule has 0 heterocycles. The van der Waals surface area contributed by atoms with E-state index in [0.717, 1.165) is 19.7 Å². The van der Waals surface area contributed by atoms with E-state index in [0.29, 0.717) is 6.61 Å². The Kier molecular flexibility index (Phi) is 5.97. The van der Waals surface area contributed by atoms with Gasteiger partial charge in [-0.25, -0.2) is 0 Å². The normalized spacial score (nSPS) is 10.8. The molecule has 0 saturated carbocycles. The van der Waals surface area contributed by atoms with E-state index in [1.54, 1.807) is 0 Å². The van der Waals surface area contributed by atoms with Crippen molar-refractivity contribution in [2.24, 2.45) is 0 Å². The van der Waals surface area contributed by atoms with Crippen LogP contribution in [0.2, 0.25) is 0 Å². The summed E-state index contributed by atoms with van der Waals surface area (Å²) in [7, 11) is 0. The highest BCUT2D eigenvalue weighted by Crippen LogP contribution is 2.17. The van der Waals surface area contributed by atoms with Crippen LogP contribution in [0.1, 0.15) is 27.8 Å². The van der Waals surface area contributed by atoms with E-state index in [4.69, 9.17) is 4.74 Å². The van der Waals surface area contributed by atoms with Gasteiger partial charge in [-0.3, -0.25) is 0 Å². The van der Waals surface area contributed by atoms with E-state index >= 15 is 0 Å². The first-order valence-electron chi connectivity index (χ1n) is 7.56. The lowest BCUT2D eigenvalue weighted by Gasteiger charge is -2.12. The van der Waals surface area contributed by atoms with Crippen LogP contribution in [0.3, 0.4) is 0 Å². The zero-order valence-electron chi connectivity index (χ0n) is 13.3. The smallest absolute Gasteiger partial charge is 0.0722 e. The Hall–Kier alpha value is -1.64. The van der Waals surface area contributed by atoms with Crippen LogP contribution in [0.5, 0.6) is 0 Å². The summed E-state index contributed by atoms with van der Waals surface area (Å²) < 4.78 is 5.80. The minimum Gasteiger partial charge on any atom is -0.375 e. The largest absolute Gasteiger partial charge is 0.375 e. The van der Waals surface area contributed by atoms with Crippen molar-refractivity contribution in [2.75, 3.05) is 13.2 Å². The number of nitrogens with one attached hydrogen (secondary N) is 1. The molecule has 0 unspecified atom stereocenters. The zero-order chi connectivity index (χ0) is 15.1. The highest BCUT2D eigenvalue weighted by Gasteiger charge is 2.03. The van der Waals surface area contributed by atoms with Gasteiger partial charge in [0.15, 0.2) is 0 Å². The second-order valence-corrected chi connectivity index (χ2v) is 5.59. The van der Waals surface area contributed by atoms with Crippen LogP contribution in [0, 0.1) is 20.8 Å². The Balaban J connectivity index is 1.68. The molecule has 2 aromatic rings. The average molecular weight is 283 g/mol. The molecule has 0 atom stereocenters. The lowest BCUT2D eigenvalue weighted by molar-refractivity contribution is 0.122. The van der Waals surface area contributed by atoms with Crippen LogP contribution in [0.15, 0.2) is 42.5 Å². The molecule has 112 valence electrons. The SMILES string of the molecule is Cc1cc(C)c(COCCNCc2ccccc2)c(C)c1. The average Bonchev–Trinajstić information content (AvgIpc) is 2.45. The zero-order valence-corrected chi connectivity index (χ0v) is 13.3. The maximum absolute atomic E-state index is 5.80. The van der Waals surface area contributed by atoms with Crippen LogP contribution in [0.25, 0.3) is 0 Å². The van der Waals surface area contributed by atoms with Crippen molar-refractivity contribution in [3.63, 3.8) is 0 Å². The van der Waals surface area contributed by atoms with Gasteiger partial charge in [-0.05, 0) is 43.0 Å². The molecule has 0 radical (unpaired) electrons. The number of benzene rings is 2. The maximum Gasteiger partial charge on any atom is 0.0722 e. The highest BCUT2D eigenvalue weighted by atomic mass is 16.5. The van der Waals surface area contributed by atoms with Crippen LogP contribution in [-0.4, -0.2) is 13.2 Å². The fraction of sp³-hybridized carbons (Fsp3) is 0.368. The number of ether oxygens (including phenoxy) is 1. The van der Waals surface area contributed by atoms with Crippen LogP contribution in [-0.2, 0) is 17.9 Å². The molecule has 0 aliphatic carbocycles. The Labute approximate surface area is 128 Å². The molecule has 0 fully saturated rings. The van der Waals surface area contributed by atoms with Crippen LogP contribution < -0.4 is 5.32 Å². The van der Waals surface area contributed by atoms with Gasteiger partial charge in [0, 0.05) is 13.1 Å². The fourth-order valence-corrected chi connectivity index (χ4v) is 2.58. The quantitative estimate of drug-likeness (QED) is 0.778. The van der Waals surface area contributed by atoms with Gasteiger partial charge in [0.1, 0.15) is 0 Å². The first-order chi connectivity index (χ1) is 10.2. The van der Waals surface area contributed by atoms with Crippen molar-refractivity contribution in [3.8, 4) is 0 Å². The molecule has 0 aromatic heterocycles. The molecule has 21 heavy (non-hydrogen) atoms. The first kappa shape index (κ1) is 15.7. The molecule has 2 nitrogen and oxygen atoms in total. The standard InChI is InChI=1S/C19H25NO/c1-15-11-16(2)19(17(3)12-15)14-21-10-9-20-13-18-7-5-4-6-8-18/h4-8,11-12,20H,9-10,13-14H2,1-3H3. The van der Waals surface area contributed by atoms with Gasteiger partial charge >= 0.3 is 0 Å². The summed E-state index contributed by atoms with van der Waals surface area (Å²) in [6.07, 6.45) is 0. The van der Waals surface area contributed by atoms with E-state index in [9.17, 15) is 0 Å². The molecule has 0 spiro atoms. The van der Waals surface area contributed by atoms with Gasteiger partial charge in [-0.15, -0.1) is 0 Å². The second-order valence-electron chi connectivity index (χ2n) is 5.59. The van der Waals surface area contributed by atoms with Crippen molar-refractivity contribution in [3.05, 3.63) is 70.3 Å². The fourth-order valence-electron chi connectivity index (χ4n) is 2.58. The molecule has 0 aliphatic heterocycles. The van der Waals surface area contributed by atoms with Gasteiger partial charge in [0.25, 0.3) is 0 Å². The predicted octanol–water partition coefficient (Wildman–Crippen LogP) is 3.92. The van der Waals surface area contributed by atoms with Crippen molar-refractivity contribution in [1.29, 1.82) is 0 Å². The molecule has 0 amide bonds. The lowest BCUT2D eigenvalue weighted by Crippen LogP contribution is -2.19. The summed E-state index contributed by atoms with van der Waals surface area (Å²) in [5.41, 5.74) is 6.60. The minimum atomic E-state index is 0.699. The summed E-state index contributed by atoms with van der Waals surface area (Å²) in [5, 5.41) is 3.40. The molecular weight excluding hydrogens is 258 g/mol. The molecule has 2 heteroatoms. The molecule has 1 N–H and O–H groups in total.